The summed E-state index contributed by atoms with van der Waals surface area (Å²) in [4.78, 5) is 14.6. The summed E-state index contributed by atoms with van der Waals surface area (Å²) >= 11 is 13.0. The van der Waals surface area contributed by atoms with Crippen LogP contribution in [-0.2, 0) is 20.2 Å². The van der Waals surface area contributed by atoms with E-state index in [1.807, 2.05) is 6.92 Å². The predicted octanol–water partition coefficient (Wildman–Crippen LogP) is 3.24. The van der Waals surface area contributed by atoms with Crippen LogP contribution in [0.3, 0.4) is 0 Å². The molecule has 18 heteroatoms. The third-order valence-corrected chi connectivity index (χ3v) is 7.71. The number of anilines is 2. The van der Waals surface area contributed by atoms with Crippen molar-refractivity contribution in [2.75, 3.05) is 25.0 Å². The van der Waals surface area contributed by atoms with E-state index in [9.17, 15) is 30.7 Å². The highest BCUT2D eigenvalue weighted by atomic mass is 35.5. The second kappa shape index (κ2) is 11.0. The summed E-state index contributed by atoms with van der Waals surface area (Å²) in [6, 6.07) is 4.64. The molecule has 0 saturated heterocycles. The van der Waals surface area contributed by atoms with E-state index < -0.39 is 41.2 Å². The second-order valence-electron chi connectivity index (χ2n) is 7.96. The molecule has 0 aromatic heterocycles. The maximum absolute atomic E-state index is 12.2. The smallest absolute Gasteiger partial charge is 0.302 e. The molecule has 0 fully saturated rings. The number of nitrogens with zero attached hydrogens (tertiary/aromatic N) is 1. The van der Waals surface area contributed by atoms with Crippen molar-refractivity contribution in [3.8, 4) is 28.7 Å². The number of ether oxygens (including phenoxy) is 2. The lowest BCUT2D eigenvalue weighted by molar-refractivity contribution is 0.314. The third kappa shape index (κ3) is 5.27. The first-order valence-electron chi connectivity index (χ1n) is 11.1. The van der Waals surface area contributed by atoms with Crippen molar-refractivity contribution in [1.82, 2.24) is 4.98 Å². The van der Waals surface area contributed by atoms with Gasteiger partial charge >= 0.3 is 20.2 Å². The molecule has 2 aromatic carbocycles. The van der Waals surface area contributed by atoms with E-state index in [0.29, 0.717) is 0 Å². The fourth-order valence-electron chi connectivity index (χ4n) is 3.73. The van der Waals surface area contributed by atoms with Gasteiger partial charge in [0, 0.05) is 6.54 Å². The van der Waals surface area contributed by atoms with Gasteiger partial charge in [-0.3, -0.25) is 13.9 Å². The largest absolute Gasteiger partial charge is 0.491 e. The van der Waals surface area contributed by atoms with Crippen molar-refractivity contribution in [2.45, 2.75) is 16.7 Å². The molecule has 0 bridgehead atoms. The highest BCUT2D eigenvalue weighted by molar-refractivity contribution is 7.86. The van der Waals surface area contributed by atoms with Crippen LogP contribution in [0, 0.1) is 0 Å². The number of rotatable bonds is 5. The monoisotopic (exact) mass is 634 g/mol. The van der Waals surface area contributed by atoms with Crippen molar-refractivity contribution < 1.29 is 39.8 Å². The zero-order chi connectivity index (χ0) is 29.6. The van der Waals surface area contributed by atoms with Crippen LogP contribution in [0.2, 0.25) is 10.0 Å². The summed E-state index contributed by atoms with van der Waals surface area (Å²) in [6.45, 7) is 2.66. The van der Waals surface area contributed by atoms with Gasteiger partial charge in [0.25, 0.3) is 0 Å². The topological polar surface area (TPSA) is 234 Å². The van der Waals surface area contributed by atoms with Crippen molar-refractivity contribution in [3.63, 3.8) is 0 Å². The van der Waals surface area contributed by atoms with Gasteiger partial charge in [0.1, 0.15) is 39.3 Å². The average molecular weight is 635 g/mol. The Balaban J connectivity index is 0.00000118. The van der Waals surface area contributed by atoms with E-state index in [-0.39, 0.29) is 68.6 Å². The summed E-state index contributed by atoms with van der Waals surface area (Å²) in [5.41, 5.74) is 8.64. The quantitative estimate of drug-likeness (QED) is 0.138. The van der Waals surface area contributed by atoms with Crippen LogP contribution in [0.25, 0.3) is 22.6 Å². The molecule has 214 valence electrons. The molecule has 7 N–H and O–H groups in total. The minimum Gasteiger partial charge on any atom is -0.491 e. The van der Waals surface area contributed by atoms with E-state index in [1.165, 1.54) is 12.1 Å². The van der Waals surface area contributed by atoms with Gasteiger partial charge in [-0.25, -0.2) is 4.98 Å². The van der Waals surface area contributed by atoms with Crippen LogP contribution in [0.5, 0.6) is 17.2 Å². The molecule has 0 amide bonds. The van der Waals surface area contributed by atoms with Gasteiger partial charge in [0.05, 0.1) is 5.69 Å². The molecule has 0 radical (unpaired) electrons. The number of halogens is 2. The Morgan fingerprint density at radius 1 is 1.00 bits per heavy atom. The Kier molecular flexibility index (Phi) is 8.17. The Hall–Kier alpha value is -3.22. The van der Waals surface area contributed by atoms with E-state index >= 15 is 0 Å². The number of hydrogen-bond acceptors (Lipinski definition) is 12. The molecule has 0 spiro atoms. The van der Waals surface area contributed by atoms with Gasteiger partial charge in [-0.15, -0.1) is 0 Å². The fraction of sp³-hybridized carbons (Fsp3) is 0.182. The first-order chi connectivity index (χ1) is 18.7. The Morgan fingerprint density at radius 3 is 2.25 bits per heavy atom. The molecule has 40 heavy (non-hydrogen) atoms. The molecule has 5 rings (SSSR count). The molecular formula is C22H20Cl2N4O10S2. The third-order valence-electron chi connectivity index (χ3n) is 5.19. The number of nitrogens with one attached hydrogen (secondary N) is 1. The molecule has 0 unspecified atom stereocenters. The van der Waals surface area contributed by atoms with E-state index in [4.69, 9.17) is 48.6 Å². The number of benzene rings is 3. The number of hydrogen-bond donors (Lipinski definition) is 5. The first kappa shape index (κ1) is 29.8. The number of fused-ring (bicyclic) bond motifs is 4. The van der Waals surface area contributed by atoms with Crippen LogP contribution in [0.1, 0.15) is 6.92 Å². The van der Waals surface area contributed by atoms with Crippen molar-refractivity contribution >= 4 is 65.9 Å². The summed E-state index contributed by atoms with van der Waals surface area (Å²) in [7, 11) is -9.88. The van der Waals surface area contributed by atoms with Crippen LogP contribution in [0.4, 0.5) is 11.4 Å². The van der Waals surface area contributed by atoms with Gasteiger partial charge < -0.3 is 30.7 Å². The van der Waals surface area contributed by atoms with Crippen LogP contribution >= 0.6 is 23.2 Å². The average Bonchev–Trinajstić information content (AvgIpc) is 2.87. The predicted molar refractivity (Wildman–Crippen MR) is 146 cm³/mol. The molecule has 0 saturated carbocycles. The van der Waals surface area contributed by atoms with Crippen LogP contribution in [-0.4, -0.2) is 50.6 Å². The molecule has 3 aliphatic rings. The molecule has 14 nitrogen and oxygen atoms in total. The van der Waals surface area contributed by atoms with Crippen molar-refractivity contribution in [1.29, 1.82) is 0 Å². The normalized spacial score (nSPS) is 12.6. The molecular weight excluding hydrogens is 615 g/mol. The summed E-state index contributed by atoms with van der Waals surface area (Å²) < 4.78 is 84.2. The number of aromatic nitrogens is 1. The van der Waals surface area contributed by atoms with Crippen LogP contribution < -0.4 is 31.7 Å². The minimum atomic E-state index is -5.00. The maximum atomic E-state index is 12.2. The van der Waals surface area contributed by atoms with Gasteiger partial charge in [-0.2, -0.15) is 16.8 Å². The van der Waals surface area contributed by atoms with E-state index in [0.717, 1.165) is 18.7 Å². The van der Waals surface area contributed by atoms with Crippen molar-refractivity contribution in [2.24, 2.45) is 11.5 Å². The minimum absolute atomic E-state index is 0.0276. The number of nitrogens with two attached hydrogens (primary N) is 2. The molecule has 1 aliphatic carbocycles. The standard InChI is InChI=1S/C20H13Cl2N3O10S2.C2H7N/c21-11-14-18(35-16-8(25-14)2-4-10(33-6-5-23)20(16)37(30,31)32)12(22)13-17(11)34-15-7(24-13)1-3-9(26)19(15)36(27,28)29;1-2-3/h1-4,25H,5-6,23H2,(H,27,28,29)(H,30,31,32);2-3H2,1H3. The first-order valence-corrected chi connectivity index (χ1v) is 14.8. The maximum Gasteiger partial charge on any atom is 0.302 e. The van der Waals surface area contributed by atoms with Crippen LogP contribution in [0.15, 0.2) is 43.3 Å². The molecule has 0 atom stereocenters. The molecule has 2 aliphatic heterocycles. The molecule has 2 aromatic rings. The van der Waals surface area contributed by atoms with E-state index in [1.54, 1.807) is 0 Å². The highest BCUT2D eigenvalue weighted by Crippen LogP contribution is 2.55. The molecule has 2 heterocycles. The zero-order valence-electron chi connectivity index (χ0n) is 20.3. The lowest BCUT2D eigenvalue weighted by Gasteiger charge is -2.26. The Labute approximate surface area is 236 Å². The van der Waals surface area contributed by atoms with Gasteiger partial charge in [0.2, 0.25) is 5.43 Å². The Morgan fingerprint density at radius 2 is 1.65 bits per heavy atom. The Bertz CT molecular complexity index is 1900. The highest BCUT2D eigenvalue weighted by Gasteiger charge is 2.35. The SMILES string of the molecule is CCN.NCCOc1ccc2c(c1S(=O)(=O)O)Oc1c(c(Cl)c3oc4c(S(=O)(=O)O)c(=O)ccc-4nc3c1Cl)N2. The lowest BCUT2D eigenvalue weighted by atomic mass is 10.1. The second-order valence-corrected chi connectivity index (χ2v) is 11.4. The van der Waals surface area contributed by atoms with Gasteiger partial charge in [-0.1, -0.05) is 30.1 Å². The summed E-state index contributed by atoms with van der Waals surface area (Å²) in [6.07, 6.45) is 0. The van der Waals surface area contributed by atoms with Crippen molar-refractivity contribution in [3.05, 3.63) is 44.5 Å². The van der Waals surface area contributed by atoms with Gasteiger partial charge in [-0.05, 0) is 30.8 Å². The zero-order valence-corrected chi connectivity index (χ0v) is 23.4. The van der Waals surface area contributed by atoms with Gasteiger partial charge in [0.15, 0.2) is 32.6 Å². The van der Waals surface area contributed by atoms with E-state index in [2.05, 4.69) is 10.3 Å². The fourth-order valence-corrected chi connectivity index (χ4v) is 5.72. The lowest BCUT2D eigenvalue weighted by Crippen LogP contribution is -2.16. The summed E-state index contributed by atoms with van der Waals surface area (Å²) in [5.74, 6) is -1.35. The summed E-state index contributed by atoms with van der Waals surface area (Å²) in [5, 5.41) is 2.35.